The molecule has 0 aromatic heterocycles. The Bertz CT molecular complexity index is 773. The van der Waals surface area contributed by atoms with Crippen LogP contribution in [-0.4, -0.2) is 11.6 Å². The van der Waals surface area contributed by atoms with Crippen molar-refractivity contribution < 1.29 is 4.79 Å². The Morgan fingerprint density at radius 1 is 1.05 bits per heavy atom. The van der Waals surface area contributed by atoms with E-state index in [2.05, 4.69) is 16.4 Å². The first-order valence-corrected chi connectivity index (χ1v) is 7.11. The van der Waals surface area contributed by atoms with Crippen LogP contribution in [0.4, 0.5) is 11.4 Å². The zero-order valence-corrected chi connectivity index (χ0v) is 12.9. The number of benzene rings is 2. The molecule has 0 bridgehead atoms. The highest BCUT2D eigenvalue weighted by atomic mass is 35.5. The summed E-state index contributed by atoms with van der Waals surface area (Å²) in [4.78, 5) is 16.7. The summed E-state index contributed by atoms with van der Waals surface area (Å²) in [5.74, 6) is -0.208. The van der Waals surface area contributed by atoms with Crippen molar-refractivity contribution in [3.05, 3.63) is 57.6 Å². The average molecular weight is 299 g/mol. The first-order chi connectivity index (χ1) is 9.95. The number of carbonyl (C=O) groups is 1. The summed E-state index contributed by atoms with van der Waals surface area (Å²) < 4.78 is 0. The van der Waals surface area contributed by atoms with Crippen molar-refractivity contribution in [3.63, 3.8) is 0 Å². The molecule has 0 saturated heterocycles. The second-order valence-corrected chi connectivity index (χ2v) is 5.78. The second kappa shape index (κ2) is 5.01. The Labute approximate surface area is 128 Å². The van der Waals surface area contributed by atoms with Gasteiger partial charge in [0.2, 0.25) is 0 Å². The van der Waals surface area contributed by atoms with Gasteiger partial charge in [-0.15, -0.1) is 0 Å². The Kier molecular flexibility index (Phi) is 3.30. The Hall–Kier alpha value is -2.13. The van der Waals surface area contributed by atoms with E-state index in [-0.39, 0.29) is 5.91 Å². The molecule has 0 fully saturated rings. The molecule has 0 saturated carbocycles. The summed E-state index contributed by atoms with van der Waals surface area (Å²) in [6.45, 7) is 5.96. The predicted octanol–water partition coefficient (Wildman–Crippen LogP) is 4.34. The molecule has 1 amide bonds. The highest BCUT2D eigenvalue weighted by molar-refractivity contribution is 6.57. The lowest BCUT2D eigenvalue weighted by molar-refractivity contribution is -0.110. The van der Waals surface area contributed by atoms with Crippen molar-refractivity contribution in [3.8, 4) is 0 Å². The molecule has 1 N–H and O–H groups in total. The molecule has 21 heavy (non-hydrogen) atoms. The molecule has 2 aromatic carbocycles. The Morgan fingerprint density at radius 2 is 1.71 bits per heavy atom. The van der Waals surface area contributed by atoms with Gasteiger partial charge in [0.1, 0.15) is 5.71 Å². The lowest BCUT2D eigenvalue weighted by atomic mass is 10.1. The van der Waals surface area contributed by atoms with Crippen molar-refractivity contribution in [2.45, 2.75) is 20.8 Å². The van der Waals surface area contributed by atoms with E-state index in [0.717, 1.165) is 28.1 Å². The number of carbonyl (C=O) groups excluding carboxylic acids is 1. The molecule has 0 aliphatic carbocycles. The van der Waals surface area contributed by atoms with Crippen LogP contribution in [0.1, 0.15) is 22.3 Å². The van der Waals surface area contributed by atoms with Crippen molar-refractivity contribution in [2.75, 3.05) is 5.32 Å². The maximum absolute atomic E-state index is 12.2. The third kappa shape index (κ3) is 2.45. The summed E-state index contributed by atoms with van der Waals surface area (Å²) in [6, 6.07) is 9.67. The van der Waals surface area contributed by atoms with Gasteiger partial charge in [0, 0.05) is 5.56 Å². The van der Waals surface area contributed by atoms with E-state index < -0.39 is 0 Å². The minimum atomic E-state index is -0.208. The van der Waals surface area contributed by atoms with Crippen molar-refractivity contribution >= 4 is 34.6 Å². The number of anilines is 1. The van der Waals surface area contributed by atoms with E-state index in [9.17, 15) is 4.79 Å². The molecule has 3 nitrogen and oxygen atoms in total. The smallest absolute Gasteiger partial charge is 0.275 e. The fraction of sp³-hybridized carbons (Fsp3) is 0.176. The van der Waals surface area contributed by atoms with Crippen LogP contribution in [0.25, 0.3) is 0 Å². The van der Waals surface area contributed by atoms with Gasteiger partial charge in [-0.1, -0.05) is 23.7 Å². The monoisotopic (exact) mass is 298 g/mol. The molecule has 0 radical (unpaired) electrons. The minimum Gasteiger partial charge on any atom is -0.320 e. The number of aliphatic imine (C=N–C) groups is 1. The SMILES string of the molecule is Cc1cc(C)cc(N=C2C(=O)Nc3c(C)ccc(Cl)c32)c1. The number of nitrogens with one attached hydrogen (secondary N) is 1. The van der Waals surface area contributed by atoms with E-state index in [1.807, 2.05) is 39.0 Å². The lowest BCUT2D eigenvalue weighted by Gasteiger charge is -2.05. The summed E-state index contributed by atoms with van der Waals surface area (Å²) >= 11 is 6.26. The molecule has 3 rings (SSSR count). The third-order valence-corrected chi connectivity index (χ3v) is 3.82. The van der Waals surface area contributed by atoms with Gasteiger partial charge < -0.3 is 5.32 Å². The molecule has 106 valence electrons. The van der Waals surface area contributed by atoms with Gasteiger partial charge in [0.05, 0.1) is 16.4 Å². The summed E-state index contributed by atoms with van der Waals surface area (Å²) in [5, 5.41) is 3.39. The number of rotatable bonds is 1. The highest BCUT2D eigenvalue weighted by Gasteiger charge is 2.29. The fourth-order valence-electron chi connectivity index (χ4n) is 2.61. The molecule has 1 heterocycles. The van der Waals surface area contributed by atoms with E-state index in [1.54, 1.807) is 6.07 Å². The zero-order valence-electron chi connectivity index (χ0n) is 12.1. The molecular formula is C17H15ClN2O. The highest BCUT2D eigenvalue weighted by Crippen LogP contribution is 2.34. The number of halogens is 1. The van der Waals surface area contributed by atoms with E-state index >= 15 is 0 Å². The maximum Gasteiger partial charge on any atom is 0.275 e. The minimum absolute atomic E-state index is 0.208. The number of fused-ring (bicyclic) bond motifs is 1. The van der Waals surface area contributed by atoms with Crippen molar-refractivity contribution in [2.24, 2.45) is 4.99 Å². The summed E-state index contributed by atoms with van der Waals surface area (Å²) in [7, 11) is 0. The van der Waals surface area contributed by atoms with E-state index in [1.165, 1.54) is 0 Å². The van der Waals surface area contributed by atoms with Crippen LogP contribution >= 0.6 is 11.6 Å². The molecule has 0 unspecified atom stereocenters. The van der Waals surface area contributed by atoms with Gasteiger partial charge >= 0.3 is 0 Å². The van der Waals surface area contributed by atoms with Crippen LogP contribution < -0.4 is 5.32 Å². The molecule has 0 atom stereocenters. The number of amides is 1. The summed E-state index contributed by atoms with van der Waals surface area (Å²) in [6.07, 6.45) is 0. The van der Waals surface area contributed by atoms with E-state index in [4.69, 9.17) is 11.6 Å². The fourth-order valence-corrected chi connectivity index (χ4v) is 2.86. The molecule has 0 spiro atoms. The van der Waals surface area contributed by atoms with Crippen LogP contribution in [0.3, 0.4) is 0 Å². The number of nitrogens with zero attached hydrogens (tertiary/aromatic N) is 1. The number of aryl methyl sites for hydroxylation is 3. The Morgan fingerprint density at radius 3 is 2.38 bits per heavy atom. The van der Waals surface area contributed by atoms with Gasteiger partial charge in [-0.25, -0.2) is 4.99 Å². The first kappa shape index (κ1) is 13.8. The first-order valence-electron chi connectivity index (χ1n) is 6.73. The quantitative estimate of drug-likeness (QED) is 0.836. The van der Waals surface area contributed by atoms with Crippen molar-refractivity contribution in [1.82, 2.24) is 0 Å². The van der Waals surface area contributed by atoms with Gasteiger partial charge in [-0.3, -0.25) is 4.79 Å². The predicted molar refractivity (Wildman–Crippen MR) is 86.9 cm³/mol. The van der Waals surface area contributed by atoms with Crippen LogP contribution in [0.5, 0.6) is 0 Å². The van der Waals surface area contributed by atoms with E-state index in [0.29, 0.717) is 16.3 Å². The summed E-state index contributed by atoms with van der Waals surface area (Å²) in [5.41, 5.74) is 5.81. The van der Waals surface area contributed by atoms with Crippen molar-refractivity contribution in [1.29, 1.82) is 0 Å². The standard InChI is InChI=1S/C17H15ClN2O/c1-9-6-10(2)8-12(7-9)19-16-14-13(18)5-4-11(3)15(14)20-17(16)21/h4-8H,1-3H3,(H,19,20,21). The molecule has 4 heteroatoms. The second-order valence-electron chi connectivity index (χ2n) is 5.37. The average Bonchev–Trinajstić information content (AvgIpc) is 2.72. The maximum atomic E-state index is 12.2. The van der Waals surface area contributed by atoms with Crippen LogP contribution in [0.15, 0.2) is 35.3 Å². The van der Waals surface area contributed by atoms with Gasteiger partial charge in [0.25, 0.3) is 5.91 Å². The van der Waals surface area contributed by atoms with Crippen LogP contribution in [0, 0.1) is 20.8 Å². The van der Waals surface area contributed by atoms with Gasteiger partial charge in [-0.2, -0.15) is 0 Å². The zero-order chi connectivity index (χ0) is 15.1. The molecule has 2 aromatic rings. The lowest BCUT2D eigenvalue weighted by Crippen LogP contribution is -2.14. The van der Waals surface area contributed by atoms with Crippen LogP contribution in [-0.2, 0) is 4.79 Å². The van der Waals surface area contributed by atoms with Gasteiger partial charge in [0.15, 0.2) is 0 Å². The number of hydrogen-bond acceptors (Lipinski definition) is 2. The normalized spacial score (nSPS) is 15.2. The number of hydrogen-bond donors (Lipinski definition) is 1. The van der Waals surface area contributed by atoms with Gasteiger partial charge in [-0.05, 0) is 55.7 Å². The largest absolute Gasteiger partial charge is 0.320 e. The molecule has 1 aliphatic heterocycles. The molecule has 1 aliphatic rings. The topological polar surface area (TPSA) is 41.5 Å². The third-order valence-electron chi connectivity index (χ3n) is 3.50. The molecular weight excluding hydrogens is 284 g/mol. The van der Waals surface area contributed by atoms with Crippen LogP contribution in [0.2, 0.25) is 5.02 Å². The Balaban J connectivity index is 2.19.